The zero-order valence-electron chi connectivity index (χ0n) is 16.6. The molecule has 0 bridgehead atoms. The molecule has 10 heteroatoms. The highest BCUT2D eigenvalue weighted by molar-refractivity contribution is 7.14. The van der Waals surface area contributed by atoms with E-state index in [0.29, 0.717) is 43.2 Å². The Bertz CT molecular complexity index is 1170. The van der Waals surface area contributed by atoms with E-state index in [1.807, 2.05) is 6.07 Å². The number of rotatable bonds is 5. The maximum atomic E-state index is 12.7. The zero-order valence-corrected chi connectivity index (χ0v) is 17.5. The minimum atomic E-state index is -0.302. The van der Waals surface area contributed by atoms with Gasteiger partial charge in [-0.3, -0.25) is 19.5 Å². The average Bonchev–Trinajstić information content (AvgIpc) is 3.39. The van der Waals surface area contributed by atoms with Crippen molar-refractivity contribution in [2.24, 2.45) is 0 Å². The van der Waals surface area contributed by atoms with Crippen LogP contribution in [0.1, 0.15) is 30.5 Å². The lowest BCUT2D eigenvalue weighted by atomic mass is 10.1. The van der Waals surface area contributed by atoms with Crippen molar-refractivity contribution in [3.05, 3.63) is 51.3 Å². The van der Waals surface area contributed by atoms with Crippen LogP contribution >= 0.6 is 11.3 Å². The van der Waals surface area contributed by atoms with E-state index in [2.05, 4.69) is 20.8 Å². The molecule has 3 amide bonds. The number of thiophene rings is 1. The van der Waals surface area contributed by atoms with Gasteiger partial charge in [0.2, 0.25) is 5.91 Å². The molecule has 0 unspecified atom stereocenters. The predicted molar refractivity (Wildman–Crippen MR) is 114 cm³/mol. The number of aromatic amines is 1. The second-order valence-corrected chi connectivity index (χ2v) is 8.82. The first-order valence-electron chi connectivity index (χ1n) is 10.1. The third kappa shape index (κ3) is 4.04. The zero-order chi connectivity index (χ0) is 21.4. The van der Waals surface area contributed by atoms with Gasteiger partial charge in [0.15, 0.2) is 0 Å². The fourth-order valence-corrected chi connectivity index (χ4v) is 4.75. The second kappa shape index (κ2) is 8.12. The molecule has 3 aromatic rings. The molecule has 2 aliphatic heterocycles. The van der Waals surface area contributed by atoms with Gasteiger partial charge in [0.25, 0.3) is 11.8 Å². The fraction of sp³-hybridized carbons (Fsp3) is 0.333. The summed E-state index contributed by atoms with van der Waals surface area (Å²) in [5, 5.41) is 13.3. The third-order valence-electron chi connectivity index (χ3n) is 5.52. The van der Waals surface area contributed by atoms with Crippen LogP contribution in [0.15, 0.2) is 30.5 Å². The lowest BCUT2D eigenvalue weighted by molar-refractivity contribution is -0.131. The van der Waals surface area contributed by atoms with Crippen molar-refractivity contribution in [1.82, 2.24) is 25.7 Å². The molecule has 1 fully saturated rings. The van der Waals surface area contributed by atoms with Crippen LogP contribution in [0.3, 0.4) is 0 Å². The van der Waals surface area contributed by atoms with E-state index in [0.717, 1.165) is 21.3 Å². The molecule has 0 saturated carbocycles. The normalized spacial score (nSPS) is 15.9. The first kappa shape index (κ1) is 19.7. The van der Waals surface area contributed by atoms with Crippen molar-refractivity contribution in [1.29, 1.82) is 0 Å². The minimum Gasteiger partial charge on any atom is -0.377 e. The molecule has 31 heavy (non-hydrogen) atoms. The number of carbonyl (C=O) groups is 3. The Labute approximate surface area is 181 Å². The van der Waals surface area contributed by atoms with Crippen molar-refractivity contribution >= 4 is 40.0 Å². The van der Waals surface area contributed by atoms with Crippen molar-refractivity contribution in [3.63, 3.8) is 0 Å². The maximum Gasteiger partial charge on any atom is 0.261 e. The molecule has 160 valence electrons. The first-order valence-corrected chi connectivity index (χ1v) is 10.9. The van der Waals surface area contributed by atoms with Crippen LogP contribution in [0.25, 0.3) is 10.9 Å². The molecule has 1 aromatic carbocycles. The van der Waals surface area contributed by atoms with Gasteiger partial charge in [-0.2, -0.15) is 5.10 Å². The molecule has 1 saturated heterocycles. The molecule has 0 aliphatic carbocycles. The average molecular weight is 439 g/mol. The highest BCUT2D eigenvalue weighted by atomic mass is 32.1. The fourth-order valence-electron chi connectivity index (χ4n) is 3.69. The van der Waals surface area contributed by atoms with Gasteiger partial charge >= 0.3 is 0 Å². The van der Waals surface area contributed by atoms with E-state index in [9.17, 15) is 14.4 Å². The molecule has 0 atom stereocenters. The largest absolute Gasteiger partial charge is 0.377 e. The minimum absolute atomic E-state index is 0.0727. The summed E-state index contributed by atoms with van der Waals surface area (Å²) in [6.07, 6.45) is 2.36. The van der Waals surface area contributed by atoms with Crippen LogP contribution in [0, 0.1) is 0 Å². The van der Waals surface area contributed by atoms with Crippen LogP contribution in [0.4, 0.5) is 0 Å². The van der Waals surface area contributed by atoms with Gasteiger partial charge < -0.3 is 20.3 Å². The SMILES string of the molecule is O=C(NCC(=O)N1CCc2sc(C(=O)NC3COC3)cc2C1)c1ccc2[nH]ncc2c1. The number of aromatic nitrogens is 2. The number of hydrogen-bond donors (Lipinski definition) is 3. The van der Waals surface area contributed by atoms with E-state index < -0.39 is 0 Å². The Balaban J connectivity index is 1.17. The Morgan fingerprint density at radius 3 is 2.90 bits per heavy atom. The quantitative estimate of drug-likeness (QED) is 0.550. The summed E-state index contributed by atoms with van der Waals surface area (Å²) < 4.78 is 5.09. The number of H-pyrrole nitrogens is 1. The Hall–Kier alpha value is -3.24. The van der Waals surface area contributed by atoms with Gasteiger partial charge in [-0.15, -0.1) is 11.3 Å². The van der Waals surface area contributed by atoms with Crippen LogP contribution in [-0.2, 0) is 22.5 Å². The van der Waals surface area contributed by atoms with Crippen molar-refractivity contribution < 1.29 is 19.1 Å². The Morgan fingerprint density at radius 2 is 2.10 bits per heavy atom. The monoisotopic (exact) mass is 439 g/mol. The summed E-state index contributed by atoms with van der Waals surface area (Å²) in [5.74, 6) is -0.539. The van der Waals surface area contributed by atoms with Crippen LogP contribution in [0.2, 0.25) is 0 Å². The van der Waals surface area contributed by atoms with E-state index in [1.165, 1.54) is 11.3 Å². The number of nitrogens with zero attached hydrogens (tertiary/aromatic N) is 2. The van der Waals surface area contributed by atoms with Gasteiger partial charge in [0, 0.05) is 28.9 Å². The van der Waals surface area contributed by atoms with Gasteiger partial charge in [0.05, 0.1) is 42.4 Å². The molecule has 2 aliphatic rings. The highest BCUT2D eigenvalue weighted by Gasteiger charge is 2.26. The summed E-state index contributed by atoms with van der Waals surface area (Å²) in [4.78, 5) is 41.0. The molecular weight excluding hydrogens is 418 g/mol. The molecule has 4 heterocycles. The molecule has 5 rings (SSSR count). The van der Waals surface area contributed by atoms with Crippen molar-refractivity contribution in [2.75, 3.05) is 26.3 Å². The standard InChI is InChI=1S/C21H21N5O4S/c27-19(8-22-20(28)12-1-2-16-13(5-12)7-23-25-16)26-4-3-17-14(9-26)6-18(31-17)21(29)24-15-10-30-11-15/h1-2,5-7,15H,3-4,8-11H2,(H,22,28)(H,23,25)(H,24,29). The molecule has 3 N–H and O–H groups in total. The van der Waals surface area contributed by atoms with Crippen molar-refractivity contribution in [2.45, 2.75) is 19.0 Å². The molecule has 9 nitrogen and oxygen atoms in total. The third-order valence-corrected chi connectivity index (χ3v) is 6.75. The summed E-state index contributed by atoms with van der Waals surface area (Å²) in [6.45, 7) is 2.06. The first-order chi connectivity index (χ1) is 15.1. The van der Waals surface area contributed by atoms with E-state index in [-0.39, 0.29) is 30.3 Å². The Kier molecular flexibility index (Phi) is 5.16. The topological polar surface area (TPSA) is 116 Å². The van der Waals surface area contributed by atoms with Gasteiger partial charge in [0.1, 0.15) is 0 Å². The smallest absolute Gasteiger partial charge is 0.261 e. The van der Waals surface area contributed by atoms with Gasteiger partial charge in [-0.25, -0.2) is 0 Å². The van der Waals surface area contributed by atoms with E-state index >= 15 is 0 Å². The van der Waals surface area contributed by atoms with E-state index in [1.54, 1.807) is 29.3 Å². The number of amides is 3. The Morgan fingerprint density at radius 1 is 1.23 bits per heavy atom. The molecule has 0 spiro atoms. The molecular formula is C21H21N5O4S. The number of ether oxygens (including phenoxy) is 1. The molecule has 0 radical (unpaired) electrons. The number of benzene rings is 1. The summed E-state index contributed by atoms with van der Waals surface area (Å²) in [6, 6.07) is 7.17. The lowest BCUT2D eigenvalue weighted by Gasteiger charge is -2.27. The van der Waals surface area contributed by atoms with Crippen molar-refractivity contribution in [3.8, 4) is 0 Å². The van der Waals surface area contributed by atoms with Gasteiger partial charge in [-0.05, 0) is 36.2 Å². The highest BCUT2D eigenvalue weighted by Crippen LogP contribution is 2.28. The summed E-state index contributed by atoms with van der Waals surface area (Å²) in [5.41, 5.74) is 2.32. The van der Waals surface area contributed by atoms with Crippen LogP contribution < -0.4 is 10.6 Å². The van der Waals surface area contributed by atoms with E-state index in [4.69, 9.17) is 4.74 Å². The summed E-state index contributed by atoms with van der Waals surface area (Å²) >= 11 is 1.48. The molecule has 2 aromatic heterocycles. The van der Waals surface area contributed by atoms with Gasteiger partial charge in [-0.1, -0.05) is 0 Å². The lowest BCUT2D eigenvalue weighted by Crippen LogP contribution is -2.48. The number of hydrogen-bond acceptors (Lipinski definition) is 6. The summed E-state index contributed by atoms with van der Waals surface area (Å²) in [7, 11) is 0. The second-order valence-electron chi connectivity index (χ2n) is 7.69. The number of nitrogens with one attached hydrogen (secondary N) is 3. The number of carbonyl (C=O) groups excluding carboxylic acids is 3. The maximum absolute atomic E-state index is 12.7. The number of fused-ring (bicyclic) bond motifs is 2. The predicted octanol–water partition coefficient (Wildman–Crippen LogP) is 1.07. The van der Waals surface area contributed by atoms with Crippen LogP contribution in [-0.4, -0.2) is 65.2 Å². The van der Waals surface area contributed by atoms with Crippen LogP contribution in [0.5, 0.6) is 0 Å².